The van der Waals surface area contributed by atoms with E-state index in [0.717, 1.165) is 30.2 Å². The molecule has 13 N–H and O–H groups in total. The first-order valence-corrected chi connectivity index (χ1v) is 24.2. The first-order chi connectivity index (χ1) is 35.4. The summed E-state index contributed by atoms with van der Waals surface area (Å²) in [5.74, 6) is -10.6. The maximum absolute atomic E-state index is 14.5. The van der Waals surface area contributed by atoms with Gasteiger partial charge in [0.05, 0.1) is 37.6 Å². The van der Waals surface area contributed by atoms with Crippen LogP contribution in [-0.2, 0) is 65.5 Å². The monoisotopic (exact) mass is 1050 g/mol. The van der Waals surface area contributed by atoms with Gasteiger partial charge in [-0.2, -0.15) is 0 Å². The van der Waals surface area contributed by atoms with E-state index < -0.39 is 120 Å². The third kappa shape index (κ3) is 22.8. The van der Waals surface area contributed by atoms with E-state index >= 15 is 0 Å². The number of nitrogens with zero attached hydrogens (tertiary/aromatic N) is 2. The second kappa shape index (κ2) is 32.3. The number of allylic oxidation sites excluding steroid dienone is 2. The number of nitrogens with one attached hydrogen (secondary N) is 5. The molecule has 0 aliphatic rings. The molecule has 6 amide bonds. The molecule has 0 bridgehead atoms. The Hall–Kier alpha value is -7.92. The number of carboxylic acid groups (broad SMARTS) is 2. The summed E-state index contributed by atoms with van der Waals surface area (Å²) >= 11 is 0. The van der Waals surface area contributed by atoms with E-state index in [4.69, 9.17) is 26.7 Å². The molecule has 0 unspecified atom stereocenters. The van der Waals surface area contributed by atoms with Crippen LogP contribution < -0.4 is 43.8 Å². The van der Waals surface area contributed by atoms with Gasteiger partial charge in [0.2, 0.25) is 29.5 Å². The number of aliphatic carboxylic acids is 2. The van der Waals surface area contributed by atoms with Gasteiger partial charge in [0.15, 0.2) is 5.96 Å². The Bertz CT molecular complexity index is 2380. The Kier molecular flexibility index (Phi) is 27.2. The fourth-order valence-electron chi connectivity index (χ4n) is 7.36. The molecule has 2 aromatic rings. The molecule has 0 fully saturated rings. The van der Waals surface area contributed by atoms with Crippen molar-refractivity contribution in [2.24, 2.45) is 34.0 Å². The van der Waals surface area contributed by atoms with Gasteiger partial charge < -0.3 is 68.4 Å². The number of aliphatic imine (C=N–C) groups is 1. The minimum Gasteiger partial charge on any atom is -0.481 e. The van der Waals surface area contributed by atoms with E-state index in [9.17, 15) is 53.4 Å². The lowest BCUT2D eigenvalue weighted by atomic mass is 9.94. The Balaban J connectivity index is 2.62. The van der Waals surface area contributed by atoms with Gasteiger partial charge in [0, 0.05) is 33.0 Å². The summed E-state index contributed by atoms with van der Waals surface area (Å²) in [4.78, 5) is 123. The molecule has 0 spiro atoms. The van der Waals surface area contributed by atoms with Crippen molar-refractivity contribution < 1.29 is 62.8 Å². The molecule has 9 atom stereocenters. The molecule has 2 rings (SSSR count). The number of amides is 6. The average Bonchev–Trinajstić information content (AvgIpc) is 3.37. The number of methoxy groups -OCH3 is 2. The Morgan fingerprint density at radius 2 is 1.32 bits per heavy atom. The molecule has 75 heavy (non-hydrogen) atoms. The number of carboxylic acids is 2. The molecule has 0 aliphatic carbocycles. The number of guanidine groups is 1. The number of carbonyl (C=O) groups is 9. The van der Waals surface area contributed by atoms with Gasteiger partial charge in [-0.25, -0.2) is 0 Å². The zero-order valence-corrected chi connectivity index (χ0v) is 43.6. The van der Waals surface area contributed by atoms with Gasteiger partial charge in [-0.15, -0.1) is 0 Å². The highest BCUT2D eigenvalue weighted by Crippen LogP contribution is 2.19. The fraction of sp³-hybridized carbons (Fsp3) is 0.462. The lowest BCUT2D eigenvalue weighted by molar-refractivity contribution is -0.144. The van der Waals surface area contributed by atoms with Crippen LogP contribution in [0.15, 0.2) is 102 Å². The standard InChI is InChI=1S/C52H74N10O13/c1-30(26-31(2)42(74-7)28-36-18-13-10-14-19-36)21-22-38(32(3)45(66)60-40(23-24-43(63)64)50(71)62(6)34(5)46(67)57-33(4)51(72)73)58-48(69)39(20-15-25-56-52(54)55)59-49(70)41(29-44(65)75-8)61-47(68)37(53)27-35-16-11-9-12-17-35/h9-14,16-19,21-22,26,31-33,37-42H,5,15,20,23-25,27-29,53H2,1-4,6-8H3,(H,57,67)(H,58,69)(H,59,70)(H,60,66)(H,61,68)(H,63,64)(H,72,73)(H4,54,55,56)/b22-21+,30-26+/t31-,32-,33-,37-,38+,39-,40+,41+,42-/m0/s1. The van der Waals surface area contributed by atoms with E-state index in [1.807, 2.05) is 43.3 Å². The molecule has 0 radical (unpaired) electrons. The number of hydrogen-bond acceptors (Lipinski definition) is 13. The molecule has 0 heterocycles. The minimum absolute atomic E-state index is 0.0164. The Morgan fingerprint density at radius 3 is 1.87 bits per heavy atom. The van der Waals surface area contributed by atoms with Crippen LogP contribution in [0.5, 0.6) is 0 Å². The lowest BCUT2D eigenvalue weighted by Gasteiger charge is -2.29. The maximum Gasteiger partial charge on any atom is 0.325 e. The van der Waals surface area contributed by atoms with Gasteiger partial charge in [0.25, 0.3) is 5.91 Å². The number of ether oxygens (including phenoxy) is 2. The quantitative estimate of drug-likeness (QED) is 0.0120. The normalized spacial score (nSPS) is 14.9. The largest absolute Gasteiger partial charge is 0.481 e. The molecule has 23 heteroatoms. The number of hydrogen-bond donors (Lipinski definition) is 10. The Morgan fingerprint density at radius 1 is 0.760 bits per heavy atom. The van der Waals surface area contributed by atoms with Crippen molar-refractivity contribution >= 4 is 59.3 Å². The first-order valence-electron chi connectivity index (χ1n) is 24.2. The van der Waals surface area contributed by atoms with Crippen LogP contribution in [0, 0.1) is 11.8 Å². The van der Waals surface area contributed by atoms with E-state index in [0.29, 0.717) is 12.0 Å². The van der Waals surface area contributed by atoms with Gasteiger partial charge in [-0.3, -0.25) is 48.1 Å². The van der Waals surface area contributed by atoms with Crippen molar-refractivity contribution in [3.8, 4) is 0 Å². The third-order valence-electron chi connectivity index (χ3n) is 11.9. The van der Waals surface area contributed by atoms with Crippen molar-refractivity contribution in [2.45, 2.75) is 115 Å². The van der Waals surface area contributed by atoms with Crippen LogP contribution in [0.1, 0.15) is 70.9 Å². The maximum atomic E-state index is 14.5. The predicted molar refractivity (Wildman–Crippen MR) is 279 cm³/mol. The zero-order valence-electron chi connectivity index (χ0n) is 43.6. The third-order valence-corrected chi connectivity index (χ3v) is 11.9. The molecule has 2 aromatic carbocycles. The SMILES string of the molecule is C=C(C(=O)N[C@@H](C)C(=O)O)N(C)C(=O)[C@@H](CCC(=O)O)NC(=O)[C@@H](C)[C@@H](/C=C/C(C)=C/[C@H](C)[C@H](Cc1ccccc1)OC)NC(=O)[C@H](CCCN=C(N)N)NC(=O)[C@@H](CC(=O)OC)NC(=O)[C@@H](N)Cc1ccccc1. The zero-order chi connectivity index (χ0) is 56.4. The van der Waals surface area contributed by atoms with E-state index in [1.54, 1.807) is 50.4 Å². The molecule has 23 nitrogen and oxygen atoms in total. The average molecular weight is 1050 g/mol. The second-order valence-corrected chi connectivity index (χ2v) is 17.9. The molecular weight excluding hydrogens is 973 g/mol. The van der Waals surface area contributed by atoms with Crippen LogP contribution >= 0.6 is 0 Å². The summed E-state index contributed by atoms with van der Waals surface area (Å²) in [6.07, 6.45) is 3.83. The fourth-order valence-corrected chi connectivity index (χ4v) is 7.36. The number of likely N-dealkylation sites (N-methyl/N-ethyl adjacent to an activating group) is 1. The molecule has 0 saturated heterocycles. The van der Waals surface area contributed by atoms with Crippen molar-refractivity contribution in [2.75, 3.05) is 27.8 Å². The summed E-state index contributed by atoms with van der Waals surface area (Å²) in [7, 11) is 3.83. The smallest absolute Gasteiger partial charge is 0.325 e. The number of nitrogens with two attached hydrogens (primary N) is 3. The van der Waals surface area contributed by atoms with Crippen molar-refractivity contribution in [3.63, 3.8) is 0 Å². The molecule has 0 saturated carbocycles. The summed E-state index contributed by atoms with van der Waals surface area (Å²) in [6, 6.07) is 10.2. The van der Waals surface area contributed by atoms with Crippen LogP contribution in [-0.4, -0.2) is 145 Å². The molecule has 410 valence electrons. The van der Waals surface area contributed by atoms with Crippen LogP contribution in [0.3, 0.4) is 0 Å². The Labute approximate surface area is 437 Å². The second-order valence-electron chi connectivity index (χ2n) is 17.9. The molecular formula is C52H74N10O13. The van der Waals surface area contributed by atoms with Crippen molar-refractivity contribution in [1.82, 2.24) is 31.5 Å². The summed E-state index contributed by atoms with van der Waals surface area (Å²) in [6.45, 7) is 9.95. The van der Waals surface area contributed by atoms with Crippen LogP contribution in [0.4, 0.5) is 0 Å². The van der Waals surface area contributed by atoms with E-state index in [2.05, 4.69) is 38.2 Å². The molecule has 0 aromatic heterocycles. The lowest BCUT2D eigenvalue weighted by Crippen LogP contribution is -2.58. The predicted octanol–water partition coefficient (Wildman–Crippen LogP) is 0.571. The number of esters is 1. The van der Waals surface area contributed by atoms with Gasteiger partial charge in [0.1, 0.15) is 29.9 Å². The van der Waals surface area contributed by atoms with E-state index in [1.165, 1.54) is 19.9 Å². The van der Waals surface area contributed by atoms with Gasteiger partial charge >= 0.3 is 17.9 Å². The van der Waals surface area contributed by atoms with Crippen LogP contribution in [0.2, 0.25) is 0 Å². The summed E-state index contributed by atoms with van der Waals surface area (Å²) in [5.41, 5.74) is 19.2. The summed E-state index contributed by atoms with van der Waals surface area (Å²) in [5, 5.41) is 31.4. The van der Waals surface area contributed by atoms with Crippen molar-refractivity contribution in [3.05, 3.63) is 108 Å². The van der Waals surface area contributed by atoms with Crippen molar-refractivity contribution in [1.29, 1.82) is 0 Å². The van der Waals surface area contributed by atoms with E-state index in [-0.39, 0.29) is 43.8 Å². The topological polar surface area (TPSA) is 366 Å². The van der Waals surface area contributed by atoms with Crippen LogP contribution in [0.25, 0.3) is 0 Å². The highest BCUT2D eigenvalue weighted by Gasteiger charge is 2.35. The summed E-state index contributed by atoms with van der Waals surface area (Å²) < 4.78 is 10.6. The number of rotatable bonds is 32. The van der Waals surface area contributed by atoms with Gasteiger partial charge in [-0.1, -0.05) is 105 Å². The van der Waals surface area contributed by atoms with Gasteiger partial charge in [-0.05, 0) is 57.1 Å². The minimum atomic E-state index is -1.58. The molecule has 0 aliphatic heterocycles. The highest BCUT2D eigenvalue weighted by molar-refractivity contribution is 6.00. The highest BCUT2D eigenvalue weighted by atomic mass is 16.5. The first kappa shape index (κ1) is 63.2. The number of benzene rings is 2. The number of carbonyl (C=O) groups excluding carboxylic acids is 7.